The van der Waals surface area contributed by atoms with Gasteiger partial charge in [0.1, 0.15) is 6.04 Å². The fourth-order valence-corrected chi connectivity index (χ4v) is 1.87. The van der Waals surface area contributed by atoms with E-state index < -0.39 is 12.2 Å². The Balaban J connectivity index is 2.87. The van der Waals surface area contributed by atoms with E-state index in [4.69, 9.17) is 5.73 Å². The summed E-state index contributed by atoms with van der Waals surface area (Å²) in [7, 11) is 3.55. The van der Waals surface area contributed by atoms with Crippen molar-refractivity contribution in [1.29, 1.82) is 0 Å². The van der Waals surface area contributed by atoms with Crippen LogP contribution in [-0.2, 0) is 0 Å². The lowest BCUT2D eigenvalue weighted by Crippen LogP contribution is -2.27. The predicted octanol–water partition coefficient (Wildman–Crippen LogP) is 2.38. The van der Waals surface area contributed by atoms with Gasteiger partial charge in [0.2, 0.25) is 0 Å². The molecule has 14 heavy (non-hydrogen) atoms. The Morgan fingerprint density at radius 2 is 1.93 bits per heavy atom. The molecule has 1 aromatic heterocycles. The van der Waals surface area contributed by atoms with E-state index in [-0.39, 0.29) is 4.88 Å². The molecule has 1 atom stereocenters. The van der Waals surface area contributed by atoms with Crippen LogP contribution in [0, 0.1) is 0 Å². The van der Waals surface area contributed by atoms with Crippen LogP contribution in [-0.4, -0.2) is 20.3 Å². The van der Waals surface area contributed by atoms with Crippen molar-refractivity contribution in [3.8, 4) is 0 Å². The minimum Gasteiger partial charge on any atom is -0.370 e. The summed E-state index contributed by atoms with van der Waals surface area (Å²) in [5.74, 6) is 0. The molecule has 0 saturated heterocycles. The zero-order valence-corrected chi connectivity index (χ0v) is 8.62. The summed E-state index contributed by atoms with van der Waals surface area (Å²) >= 11 is 1.06. The van der Waals surface area contributed by atoms with E-state index in [1.54, 1.807) is 25.1 Å². The van der Waals surface area contributed by atoms with Gasteiger partial charge in [-0.05, 0) is 12.1 Å². The number of nitrogens with zero attached hydrogens (tertiary/aromatic N) is 1. The third-order valence-electron chi connectivity index (χ3n) is 1.71. The summed E-state index contributed by atoms with van der Waals surface area (Å²) in [4.78, 5) is 1.89. The van der Waals surface area contributed by atoms with Crippen molar-refractivity contribution in [1.82, 2.24) is 0 Å². The highest BCUT2D eigenvalue weighted by molar-refractivity contribution is 7.16. The van der Waals surface area contributed by atoms with Gasteiger partial charge in [0, 0.05) is 19.0 Å². The van der Waals surface area contributed by atoms with Gasteiger partial charge in [-0.15, -0.1) is 11.3 Å². The normalized spacial score (nSPS) is 14.1. The number of nitrogens with two attached hydrogens (primary N) is 1. The van der Waals surface area contributed by atoms with E-state index in [2.05, 4.69) is 0 Å². The molecule has 0 bridgehead atoms. The van der Waals surface area contributed by atoms with Gasteiger partial charge in [0.05, 0.1) is 5.00 Å². The Hall–Kier alpha value is -0.750. The Bertz CT molecular complexity index is 306. The average Bonchev–Trinajstić information content (AvgIpc) is 2.48. The monoisotopic (exact) mass is 224 g/mol. The summed E-state index contributed by atoms with van der Waals surface area (Å²) < 4.78 is 36.6. The Morgan fingerprint density at radius 1 is 1.36 bits per heavy atom. The van der Waals surface area contributed by atoms with Gasteiger partial charge in [-0.1, -0.05) is 0 Å². The average molecular weight is 224 g/mol. The van der Waals surface area contributed by atoms with Crippen LogP contribution < -0.4 is 10.6 Å². The maximum atomic E-state index is 12.2. The zero-order chi connectivity index (χ0) is 10.9. The molecule has 2 N–H and O–H groups in total. The van der Waals surface area contributed by atoms with Crippen LogP contribution in [0.5, 0.6) is 0 Å². The van der Waals surface area contributed by atoms with E-state index in [1.807, 2.05) is 0 Å². The first kappa shape index (κ1) is 11.3. The Kier molecular flexibility index (Phi) is 3.06. The molecule has 0 radical (unpaired) electrons. The third kappa shape index (κ3) is 2.39. The van der Waals surface area contributed by atoms with E-state index >= 15 is 0 Å². The van der Waals surface area contributed by atoms with Crippen LogP contribution >= 0.6 is 11.3 Å². The van der Waals surface area contributed by atoms with Crippen LogP contribution in [0.2, 0.25) is 0 Å². The molecule has 6 heteroatoms. The molecule has 2 nitrogen and oxygen atoms in total. The second-order valence-electron chi connectivity index (χ2n) is 3.09. The van der Waals surface area contributed by atoms with Gasteiger partial charge < -0.3 is 10.6 Å². The van der Waals surface area contributed by atoms with Crippen molar-refractivity contribution in [3.05, 3.63) is 17.0 Å². The summed E-state index contributed by atoms with van der Waals surface area (Å²) in [6, 6.07) is 1.17. The molecule has 1 aromatic rings. The number of alkyl halides is 3. The topological polar surface area (TPSA) is 29.3 Å². The minimum atomic E-state index is -4.37. The summed E-state index contributed by atoms with van der Waals surface area (Å²) in [6.07, 6.45) is -4.37. The van der Waals surface area contributed by atoms with Gasteiger partial charge in [-0.3, -0.25) is 0 Å². The number of anilines is 1. The van der Waals surface area contributed by atoms with Crippen LogP contribution in [0.15, 0.2) is 12.1 Å². The lowest BCUT2D eigenvalue weighted by Gasteiger charge is -2.13. The van der Waals surface area contributed by atoms with Crippen LogP contribution in [0.3, 0.4) is 0 Å². The van der Waals surface area contributed by atoms with E-state index in [0.717, 1.165) is 16.3 Å². The van der Waals surface area contributed by atoms with Crippen molar-refractivity contribution >= 4 is 16.3 Å². The molecule has 0 amide bonds. The first-order valence-electron chi connectivity index (χ1n) is 3.91. The quantitative estimate of drug-likeness (QED) is 0.835. The third-order valence-corrected chi connectivity index (χ3v) is 3.05. The Morgan fingerprint density at radius 3 is 2.29 bits per heavy atom. The Labute approximate surface area is 84.1 Å². The summed E-state index contributed by atoms with van der Waals surface area (Å²) in [5.41, 5.74) is 5.05. The molecule has 0 spiro atoms. The summed E-state index contributed by atoms with van der Waals surface area (Å²) in [5, 5.41) is 0.764. The van der Waals surface area contributed by atoms with Gasteiger partial charge in [-0.25, -0.2) is 0 Å². The SMILES string of the molecule is CN(C)c1ccc([C@@H](N)C(F)(F)F)s1. The molecule has 1 heterocycles. The first-order valence-corrected chi connectivity index (χ1v) is 4.73. The molecule has 0 aliphatic carbocycles. The van der Waals surface area contributed by atoms with Gasteiger partial charge in [0.15, 0.2) is 0 Å². The smallest absolute Gasteiger partial charge is 0.370 e. The van der Waals surface area contributed by atoms with Crippen molar-refractivity contribution in [2.24, 2.45) is 5.73 Å². The number of thiophene rings is 1. The highest BCUT2D eigenvalue weighted by Crippen LogP contribution is 2.36. The maximum absolute atomic E-state index is 12.2. The maximum Gasteiger partial charge on any atom is 0.408 e. The fraction of sp³-hybridized carbons (Fsp3) is 0.500. The molecule has 0 unspecified atom stereocenters. The standard InChI is InChI=1S/C8H11F3N2S/c1-13(2)6-4-3-5(14-6)7(12)8(9,10)11/h3-4,7H,12H2,1-2H3/t7-/m1/s1. The lowest BCUT2D eigenvalue weighted by atomic mass is 10.2. The lowest BCUT2D eigenvalue weighted by molar-refractivity contribution is -0.148. The molecule has 0 aromatic carbocycles. The molecule has 0 aliphatic heterocycles. The molecular weight excluding hydrogens is 213 g/mol. The van der Waals surface area contributed by atoms with Crippen LogP contribution in [0.1, 0.15) is 10.9 Å². The number of halogens is 3. The summed E-state index contributed by atoms with van der Waals surface area (Å²) in [6.45, 7) is 0. The van der Waals surface area contributed by atoms with Crippen LogP contribution in [0.25, 0.3) is 0 Å². The van der Waals surface area contributed by atoms with Crippen LogP contribution in [0.4, 0.5) is 18.2 Å². The zero-order valence-electron chi connectivity index (χ0n) is 7.80. The number of rotatable bonds is 2. The van der Waals surface area contributed by atoms with Gasteiger partial charge in [-0.2, -0.15) is 13.2 Å². The predicted molar refractivity (Wildman–Crippen MR) is 51.6 cm³/mol. The molecular formula is C8H11F3N2S. The van der Waals surface area contributed by atoms with Crippen molar-refractivity contribution in [3.63, 3.8) is 0 Å². The first-order chi connectivity index (χ1) is 6.32. The van der Waals surface area contributed by atoms with Crippen molar-refractivity contribution in [2.45, 2.75) is 12.2 Å². The molecule has 1 rings (SSSR count). The van der Waals surface area contributed by atoms with E-state index in [1.165, 1.54) is 6.07 Å². The molecule has 0 saturated carbocycles. The van der Waals surface area contributed by atoms with Crippen molar-refractivity contribution in [2.75, 3.05) is 19.0 Å². The molecule has 0 fully saturated rings. The highest BCUT2D eigenvalue weighted by Gasteiger charge is 2.38. The second-order valence-corrected chi connectivity index (χ2v) is 4.18. The molecule has 0 aliphatic rings. The van der Waals surface area contributed by atoms with Crippen molar-refractivity contribution < 1.29 is 13.2 Å². The number of hydrogen-bond acceptors (Lipinski definition) is 3. The van der Waals surface area contributed by atoms with Gasteiger partial charge in [0.25, 0.3) is 0 Å². The van der Waals surface area contributed by atoms with E-state index in [0.29, 0.717) is 0 Å². The second kappa shape index (κ2) is 3.78. The minimum absolute atomic E-state index is 0.140. The highest BCUT2D eigenvalue weighted by atomic mass is 32.1. The fourth-order valence-electron chi connectivity index (χ4n) is 0.911. The molecule has 80 valence electrons. The number of hydrogen-bond donors (Lipinski definition) is 1. The van der Waals surface area contributed by atoms with Gasteiger partial charge >= 0.3 is 6.18 Å². The largest absolute Gasteiger partial charge is 0.408 e. The van der Waals surface area contributed by atoms with E-state index in [9.17, 15) is 13.2 Å².